The molecule has 2 atom stereocenters. The highest BCUT2D eigenvalue weighted by atomic mass is 19.1. The molecule has 3 aromatic heterocycles. The topological polar surface area (TPSA) is 98.9 Å². The van der Waals surface area contributed by atoms with Gasteiger partial charge in [0.1, 0.15) is 17.8 Å². The number of amides is 1. The molecule has 0 aliphatic carbocycles. The predicted molar refractivity (Wildman–Crippen MR) is 110 cm³/mol. The van der Waals surface area contributed by atoms with Crippen LogP contribution in [-0.2, 0) is 0 Å². The first-order chi connectivity index (χ1) is 14.6. The first kappa shape index (κ1) is 18.7. The number of pyridine rings is 1. The van der Waals surface area contributed by atoms with Gasteiger partial charge in [-0.3, -0.25) is 4.79 Å². The van der Waals surface area contributed by atoms with E-state index in [2.05, 4.69) is 20.4 Å². The highest BCUT2D eigenvalue weighted by Crippen LogP contribution is 2.22. The van der Waals surface area contributed by atoms with Crippen molar-refractivity contribution in [2.24, 2.45) is 0 Å². The van der Waals surface area contributed by atoms with Crippen LogP contribution in [0.1, 0.15) is 23.2 Å². The molecule has 0 spiro atoms. The Hall–Kier alpha value is -3.27. The maximum absolute atomic E-state index is 13.5. The zero-order valence-corrected chi connectivity index (χ0v) is 16.3. The van der Waals surface area contributed by atoms with Crippen molar-refractivity contribution >= 4 is 29.0 Å². The number of fused-ring (bicyclic) bond motifs is 1. The van der Waals surface area contributed by atoms with Crippen LogP contribution in [-0.4, -0.2) is 69.1 Å². The van der Waals surface area contributed by atoms with E-state index in [4.69, 9.17) is 0 Å². The fraction of sp³-hybridized carbons (Fsp3) is 0.400. The van der Waals surface area contributed by atoms with Crippen molar-refractivity contribution in [1.82, 2.24) is 19.6 Å². The molecule has 2 aliphatic heterocycles. The smallest absolute Gasteiger partial charge is 0.258 e. The summed E-state index contributed by atoms with van der Waals surface area (Å²) in [6, 6.07) is 7.09. The SMILES string of the molecule is O=C(Nc1cnc2ccc(N3CCC(F)C3)nn12)c1ccc(N2CCC(O)C2)nc1. The van der Waals surface area contributed by atoms with Crippen LogP contribution >= 0.6 is 0 Å². The number of aromatic nitrogens is 4. The van der Waals surface area contributed by atoms with Gasteiger partial charge in [-0.2, -0.15) is 4.52 Å². The summed E-state index contributed by atoms with van der Waals surface area (Å²) in [5, 5.41) is 17.0. The second kappa shape index (κ2) is 7.52. The molecule has 2 aliphatic rings. The summed E-state index contributed by atoms with van der Waals surface area (Å²) in [6.07, 6.45) is 3.09. The second-order valence-electron chi connectivity index (χ2n) is 7.68. The van der Waals surface area contributed by atoms with Crippen LogP contribution in [0.15, 0.2) is 36.7 Å². The zero-order chi connectivity index (χ0) is 20.7. The van der Waals surface area contributed by atoms with E-state index in [1.807, 2.05) is 15.9 Å². The molecule has 1 amide bonds. The van der Waals surface area contributed by atoms with Crippen LogP contribution in [0.4, 0.5) is 21.8 Å². The highest BCUT2D eigenvalue weighted by molar-refractivity contribution is 6.03. The van der Waals surface area contributed by atoms with Crippen LogP contribution in [0.5, 0.6) is 0 Å². The van der Waals surface area contributed by atoms with Gasteiger partial charge in [-0.05, 0) is 37.1 Å². The zero-order valence-electron chi connectivity index (χ0n) is 16.3. The molecule has 9 nitrogen and oxygen atoms in total. The van der Waals surface area contributed by atoms with Gasteiger partial charge in [0.2, 0.25) is 0 Å². The van der Waals surface area contributed by atoms with E-state index in [-0.39, 0.29) is 12.0 Å². The standard InChI is InChI=1S/C20H22FN7O2/c21-14-5-7-26(11-14)18-4-3-17-23-10-19(28(17)25-18)24-20(30)13-1-2-16(22-9-13)27-8-6-15(29)12-27/h1-4,9-10,14-15,29H,5-8,11-12H2,(H,24,30). The van der Waals surface area contributed by atoms with Gasteiger partial charge >= 0.3 is 0 Å². The van der Waals surface area contributed by atoms with Crippen molar-refractivity contribution in [2.75, 3.05) is 41.3 Å². The number of hydrogen-bond acceptors (Lipinski definition) is 7. The summed E-state index contributed by atoms with van der Waals surface area (Å²) in [5.41, 5.74) is 0.996. The molecule has 2 fully saturated rings. The quantitative estimate of drug-likeness (QED) is 0.671. The number of carbonyl (C=O) groups excluding carboxylic acids is 1. The molecule has 5 heterocycles. The number of halogens is 1. The van der Waals surface area contributed by atoms with Gasteiger partial charge in [-0.1, -0.05) is 0 Å². The minimum absolute atomic E-state index is 0.320. The number of hydrogen-bond donors (Lipinski definition) is 2. The van der Waals surface area contributed by atoms with Crippen molar-refractivity contribution in [2.45, 2.75) is 25.1 Å². The van der Waals surface area contributed by atoms with Gasteiger partial charge in [0.15, 0.2) is 11.5 Å². The number of rotatable bonds is 4. The Morgan fingerprint density at radius 3 is 2.53 bits per heavy atom. The number of aliphatic hydroxyl groups is 1. The van der Waals surface area contributed by atoms with E-state index in [1.54, 1.807) is 28.9 Å². The molecule has 0 aromatic carbocycles. The van der Waals surface area contributed by atoms with Crippen LogP contribution < -0.4 is 15.1 Å². The predicted octanol–water partition coefficient (Wildman–Crippen LogP) is 1.50. The number of anilines is 3. The van der Waals surface area contributed by atoms with E-state index in [1.165, 1.54) is 6.20 Å². The summed E-state index contributed by atoms with van der Waals surface area (Å²) in [5.74, 6) is 1.49. The maximum atomic E-state index is 13.5. The van der Waals surface area contributed by atoms with Gasteiger partial charge in [0.05, 0.1) is 24.4 Å². The lowest BCUT2D eigenvalue weighted by Crippen LogP contribution is -2.23. The molecule has 3 aromatic rings. The normalized spacial score (nSPS) is 21.5. The average Bonchev–Trinajstić information content (AvgIpc) is 3.48. The van der Waals surface area contributed by atoms with E-state index in [0.717, 1.165) is 18.8 Å². The van der Waals surface area contributed by atoms with Gasteiger partial charge in [-0.15, -0.1) is 5.10 Å². The molecule has 10 heteroatoms. The number of β-amino-alcohol motifs (C(OH)–C–C–N with tert-alkyl or cyclic N) is 1. The number of carbonyl (C=O) groups is 1. The van der Waals surface area contributed by atoms with Crippen molar-refractivity contribution in [3.05, 3.63) is 42.2 Å². The minimum Gasteiger partial charge on any atom is -0.391 e. The minimum atomic E-state index is -0.844. The first-order valence-corrected chi connectivity index (χ1v) is 10.0. The Bertz CT molecular complexity index is 1070. The Balaban J connectivity index is 1.33. The molecule has 156 valence electrons. The highest BCUT2D eigenvalue weighted by Gasteiger charge is 2.24. The summed E-state index contributed by atoms with van der Waals surface area (Å²) >= 11 is 0. The number of alkyl halides is 1. The number of imidazole rings is 1. The molecule has 0 saturated carbocycles. The Kier molecular flexibility index (Phi) is 4.70. The number of aliphatic hydroxyl groups excluding tert-OH is 1. The number of nitrogens with one attached hydrogen (secondary N) is 1. The van der Waals surface area contributed by atoms with E-state index < -0.39 is 6.17 Å². The summed E-state index contributed by atoms with van der Waals surface area (Å²) in [7, 11) is 0. The molecule has 2 saturated heterocycles. The molecule has 0 radical (unpaired) electrons. The average molecular weight is 411 g/mol. The largest absolute Gasteiger partial charge is 0.391 e. The van der Waals surface area contributed by atoms with Crippen molar-refractivity contribution in [1.29, 1.82) is 0 Å². The maximum Gasteiger partial charge on any atom is 0.258 e. The van der Waals surface area contributed by atoms with Crippen molar-refractivity contribution < 1.29 is 14.3 Å². The monoisotopic (exact) mass is 411 g/mol. The molecular formula is C20H22FN7O2. The third kappa shape index (κ3) is 3.54. The third-order valence-corrected chi connectivity index (χ3v) is 5.54. The third-order valence-electron chi connectivity index (χ3n) is 5.54. The van der Waals surface area contributed by atoms with Crippen LogP contribution in [0.3, 0.4) is 0 Å². The summed E-state index contributed by atoms with van der Waals surface area (Å²) in [6.45, 7) is 2.23. The van der Waals surface area contributed by atoms with E-state index in [0.29, 0.717) is 48.9 Å². The first-order valence-electron chi connectivity index (χ1n) is 10.0. The molecule has 2 unspecified atom stereocenters. The molecule has 0 bridgehead atoms. The lowest BCUT2D eigenvalue weighted by molar-refractivity contribution is 0.102. The van der Waals surface area contributed by atoms with Crippen LogP contribution in [0.25, 0.3) is 5.65 Å². The van der Waals surface area contributed by atoms with Crippen molar-refractivity contribution in [3.8, 4) is 0 Å². The van der Waals surface area contributed by atoms with Crippen LogP contribution in [0.2, 0.25) is 0 Å². The lowest BCUT2D eigenvalue weighted by Gasteiger charge is -2.17. The van der Waals surface area contributed by atoms with Gasteiger partial charge in [-0.25, -0.2) is 14.4 Å². The Morgan fingerprint density at radius 2 is 1.83 bits per heavy atom. The van der Waals surface area contributed by atoms with Gasteiger partial charge < -0.3 is 20.2 Å². The van der Waals surface area contributed by atoms with E-state index in [9.17, 15) is 14.3 Å². The Morgan fingerprint density at radius 1 is 1.03 bits per heavy atom. The molecule has 5 rings (SSSR count). The fourth-order valence-corrected chi connectivity index (χ4v) is 3.89. The Labute approximate surface area is 172 Å². The summed E-state index contributed by atoms with van der Waals surface area (Å²) < 4.78 is 15.1. The van der Waals surface area contributed by atoms with Crippen molar-refractivity contribution in [3.63, 3.8) is 0 Å². The lowest BCUT2D eigenvalue weighted by atomic mass is 10.2. The van der Waals surface area contributed by atoms with E-state index >= 15 is 0 Å². The molecular weight excluding hydrogens is 389 g/mol. The second-order valence-corrected chi connectivity index (χ2v) is 7.68. The van der Waals surface area contributed by atoms with Gasteiger partial charge in [0, 0.05) is 25.8 Å². The summed E-state index contributed by atoms with van der Waals surface area (Å²) in [4.78, 5) is 25.2. The van der Waals surface area contributed by atoms with Crippen LogP contribution in [0, 0.1) is 0 Å². The molecule has 2 N–H and O–H groups in total. The van der Waals surface area contributed by atoms with Gasteiger partial charge in [0.25, 0.3) is 5.91 Å². The number of nitrogens with zero attached hydrogens (tertiary/aromatic N) is 6. The fourth-order valence-electron chi connectivity index (χ4n) is 3.89. The molecule has 30 heavy (non-hydrogen) atoms.